The van der Waals surface area contributed by atoms with Gasteiger partial charge in [-0.3, -0.25) is 4.90 Å². The third-order valence-corrected chi connectivity index (χ3v) is 6.99. The maximum Gasteiger partial charge on any atom is 0.416 e. The number of rotatable bonds is 8. The molecular weight excluding hydrogens is 521 g/mol. The molecule has 0 spiro atoms. The number of nitrogens with one attached hydrogen (secondary N) is 2. The number of anilines is 2. The molecule has 2 heterocycles. The smallest absolute Gasteiger partial charge is 0.416 e. The third kappa shape index (κ3) is 6.85. The van der Waals surface area contributed by atoms with Crippen LogP contribution in [0.2, 0.25) is 0 Å². The van der Waals surface area contributed by atoms with Crippen LogP contribution in [0.5, 0.6) is 11.5 Å². The van der Waals surface area contributed by atoms with Gasteiger partial charge < -0.3 is 40.0 Å². The standard InChI is InChI=1S/C26H33F3N4O6/c1-37-19-11-17(12-20(13-19)38-2)31-25(36)30-14-21-23(24(35)22(15-34)39-21)33-8-6-32(7-9-33)18-5-3-4-16(10-18)26(27,28)29/h3-5,10-13,21-24,34-35H,6-9,14-15H2,1-2H3,(H2,30,31,36)/t21-,22+,23+,24-/m1/s1. The molecule has 2 aliphatic heterocycles. The number of halogens is 3. The van der Waals surface area contributed by atoms with E-state index in [2.05, 4.69) is 10.6 Å². The van der Waals surface area contributed by atoms with Crippen molar-refractivity contribution in [2.24, 2.45) is 0 Å². The van der Waals surface area contributed by atoms with Crippen LogP contribution in [0.3, 0.4) is 0 Å². The molecule has 0 aromatic heterocycles. The van der Waals surface area contributed by atoms with Gasteiger partial charge >= 0.3 is 12.2 Å². The lowest BCUT2D eigenvalue weighted by Crippen LogP contribution is -2.57. The summed E-state index contributed by atoms with van der Waals surface area (Å²) in [5.41, 5.74) is 0.223. The van der Waals surface area contributed by atoms with Crippen molar-refractivity contribution >= 4 is 17.4 Å². The Hall–Kier alpha value is -3.26. The molecule has 0 saturated carbocycles. The summed E-state index contributed by atoms with van der Waals surface area (Å²) in [6, 6.07) is 9.10. The Kier molecular flexibility index (Phi) is 9.05. The van der Waals surface area contributed by atoms with Gasteiger partial charge in [-0.15, -0.1) is 0 Å². The quantitative estimate of drug-likeness (QED) is 0.393. The van der Waals surface area contributed by atoms with Gasteiger partial charge in [0.2, 0.25) is 0 Å². The average molecular weight is 555 g/mol. The number of methoxy groups -OCH3 is 2. The monoisotopic (exact) mass is 554 g/mol. The van der Waals surface area contributed by atoms with Crippen LogP contribution in [0.4, 0.5) is 29.3 Å². The van der Waals surface area contributed by atoms with Crippen LogP contribution in [-0.2, 0) is 10.9 Å². The summed E-state index contributed by atoms with van der Waals surface area (Å²) in [6.07, 6.45) is -6.88. The topological polar surface area (TPSA) is 116 Å². The van der Waals surface area contributed by atoms with E-state index in [0.29, 0.717) is 49.1 Å². The zero-order valence-corrected chi connectivity index (χ0v) is 21.6. The number of alkyl halides is 3. The van der Waals surface area contributed by atoms with Crippen LogP contribution in [0.25, 0.3) is 0 Å². The molecule has 2 aromatic rings. The summed E-state index contributed by atoms with van der Waals surface area (Å²) < 4.78 is 55.7. The number of hydrogen-bond acceptors (Lipinski definition) is 8. The minimum absolute atomic E-state index is 0.0546. The normalized spacial score (nSPS) is 23.9. The number of benzene rings is 2. The Morgan fingerprint density at radius 3 is 2.31 bits per heavy atom. The van der Waals surface area contributed by atoms with Crippen molar-refractivity contribution in [3.8, 4) is 11.5 Å². The highest BCUT2D eigenvalue weighted by Crippen LogP contribution is 2.33. The van der Waals surface area contributed by atoms with Crippen molar-refractivity contribution in [1.29, 1.82) is 0 Å². The molecule has 2 amide bonds. The van der Waals surface area contributed by atoms with E-state index in [0.717, 1.165) is 12.1 Å². The van der Waals surface area contributed by atoms with E-state index >= 15 is 0 Å². The van der Waals surface area contributed by atoms with Gasteiger partial charge in [0.25, 0.3) is 0 Å². The maximum absolute atomic E-state index is 13.1. The number of carbonyl (C=O) groups excluding carboxylic acids is 1. The molecule has 13 heteroatoms. The van der Waals surface area contributed by atoms with Crippen LogP contribution < -0.4 is 25.0 Å². The van der Waals surface area contributed by atoms with Crippen molar-refractivity contribution < 1.29 is 42.4 Å². The molecule has 4 N–H and O–H groups in total. The fraction of sp³-hybridized carbons (Fsp3) is 0.500. The van der Waals surface area contributed by atoms with Crippen LogP contribution >= 0.6 is 0 Å². The van der Waals surface area contributed by atoms with Gasteiger partial charge in [-0.1, -0.05) is 6.07 Å². The first-order chi connectivity index (χ1) is 18.6. The van der Waals surface area contributed by atoms with E-state index in [-0.39, 0.29) is 6.54 Å². The molecule has 214 valence electrons. The maximum atomic E-state index is 13.1. The van der Waals surface area contributed by atoms with E-state index in [9.17, 15) is 28.2 Å². The lowest BCUT2D eigenvalue weighted by molar-refractivity contribution is -0.137. The van der Waals surface area contributed by atoms with Crippen molar-refractivity contribution in [1.82, 2.24) is 10.2 Å². The molecule has 0 aliphatic carbocycles. The van der Waals surface area contributed by atoms with Gasteiger partial charge in [-0.2, -0.15) is 13.2 Å². The minimum Gasteiger partial charge on any atom is -0.497 e. The fourth-order valence-electron chi connectivity index (χ4n) is 5.00. The second kappa shape index (κ2) is 12.3. The number of urea groups is 1. The largest absolute Gasteiger partial charge is 0.497 e. The Balaban J connectivity index is 1.37. The second-order valence-corrected chi connectivity index (χ2v) is 9.38. The summed E-state index contributed by atoms with van der Waals surface area (Å²) >= 11 is 0. The van der Waals surface area contributed by atoms with E-state index < -0.39 is 48.7 Å². The highest BCUT2D eigenvalue weighted by Gasteiger charge is 2.46. The van der Waals surface area contributed by atoms with Crippen LogP contribution in [0.1, 0.15) is 5.56 Å². The van der Waals surface area contributed by atoms with Gasteiger partial charge in [0.05, 0.1) is 38.5 Å². The van der Waals surface area contributed by atoms with Crippen molar-refractivity contribution in [2.45, 2.75) is 30.5 Å². The average Bonchev–Trinajstić information content (AvgIpc) is 3.26. The lowest BCUT2D eigenvalue weighted by atomic mass is 10.0. The molecule has 0 radical (unpaired) electrons. The zero-order chi connectivity index (χ0) is 28.2. The number of carbonyl (C=O) groups is 1. The Morgan fingerprint density at radius 2 is 1.72 bits per heavy atom. The Labute approximate surface area is 224 Å². The number of piperazine rings is 1. The van der Waals surface area contributed by atoms with Gasteiger partial charge in [-0.05, 0) is 18.2 Å². The van der Waals surface area contributed by atoms with Crippen molar-refractivity contribution in [3.63, 3.8) is 0 Å². The predicted octanol–water partition coefficient (Wildman–Crippen LogP) is 2.16. The SMILES string of the molecule is COc1cc(NC(=O)NC[C@H]2O[C@@H](CO)[C@@H](O)[C@H]2N2CCN(c3cccc(C(F)(F)F)c3)CC2)cc(OC)c1. The van der Waals surface area contributed by atoms with Crippen molar-refractivity contribution in [2.75, 3.05) is 63.8 Å². The predicted molar refractivity (Wildman–Crippen MR) is 137 cm³/mol. The molecule has 4 atom stereocenters. The third-order valence-electron chi connectivity index (χ3n) is 6.99. The van der Waals surface area contributed by atoms with Gasteiger partial charge in [-0.25, -0.2) is 4.79 Å². The molecule has 2 saturated heterocycles. The summed E-state index contributed by atoms with van der Waals surface area (Å²) in [5, 5.41) is 26.0. The number of ether oxygens (including phenoxy) is 3. The van der Waals surface area contributed by atoms with Crippen LogP contribution in [-0.4, -0.2) is 99.0 Å². The number of amides is 2. The molecule has 0 unspecified atom stereocenters. The molecule has 39 heavy (non-hydrogen) atoms. The molecular formula is C26H33F3N4O6. The first-order valence-corrected chi connectivity index (χ1v) is 12.5. The second-order valence-electron chi connectivity index (χ2n) is 9.38. The van der Waals surface area contributed by atoms with Gasteiger partial charge in [0.15, 0.2) is 0 Å². The number of hydrogen-bond donors (Lipinski definition) is 4. The summed E-state index contributed by atoms with van der Waals surface area (Å²) in [6.45, 7) is 1.43. The number of aliphatic hydroxyl groups excluding tert-OH is 2. The summed E-state index contributed by atoms with van der Waals surface area (Å²) in [4.78, 5) is 16.5. The Bertz CT molecular complexity index is 1110. The summed E-state index contributed by atoms with van der Waals surface area (Å²) in [7, 11) is 3.00. The van der Waals surface area contributed by atoms with E-state index in [1.165, 1.54) is 20.3 Å². The molecule has 2 fully saturated rings. The first-order valence-electron chi connectivity index (χ1n) is 12.5. The number of aliphatic hydroxyl groups is 2. The van der Waals surface area contributed by atoms with E-state index in [1.807, 2.05) is 9.80 Å². The first kappa shape index (κ1) is 28.7. The highest BCUT2D eigenvalue weighted by atomic mass is 19.4. The van der Waals surface area contributed by atoms with Crippen LogP contribution in [0.15, 0.2) is 42.5 Å². The molecule has 0 bridgehead atoms. The van der Waals surface area contributed by atoms with Gasteiger partial charge in [0.1, 0.15) is 23.7 Å². The Morgan fingerprint density at radius 1 is 1.05 bits per heavy atom. The zero-order valence-electron chi connectivity index (χ0n) is 21.6. The van der Waals surface area contributed by atoms with E-state index in [4.69, 9.17) is 14.2 Å². The molecule has 10 nitrogen and oxygen atoms in total. The molecule has 4 rings (SSSR count). The van der Waals surface area contributed by atoms with Crippen LogP contribution in [0, 0.1) is 0 Å². The minimum atomic E-state index is -4.42. The van der Waals surface area contributed by atoms with E-state index in [1.54, 1.807) is 24.3 Å². The highest BCUT2D eigenvalue weighted by molar-refractivity contribution is 5.89. The number of nitrogens with zero attached hydrogens (tertiary/aromatic N) is 2. The lowest BCUT2D eigenvalue weighted by Gasteiger charge is -2.41. The fourth-order valence-corrected chi connectivity index (χ4v) is 5.00. The molecule has 2 aromatic carbocycles. The molecule has 2 aliphatic rings. The van der Waals surface area contributed by atoms with Gasteiger partial charge in [0, 0.05) is 62.3 Å². The summed E-state index contributed by atoms with van der Waals surface area (Å²) in [5.74, 6) is 1.00. The van der Waals surface area contributed by atoms with Crippen molar-refractivity contribution in [3.05, 3.63) is 48.0 Å².